The van der Waals surface area contributed by atoms with E-state index in [9.17, 15) is 28.8 Å². The van der Waals surface area contributed by atoms with Crippen LogP contribution in [0.15, 0.2) is 12.7 Å². The molecule has 6 atom stereocenters. The van der Waals surface area contributed by atoms with Gasteiger partial charge in [0.15, 0.2) is 23.4 Å². The minimum absolute atomic E-state index is 0.00783. The first kappa shape index (κ1) is 25.2. The van der Waals surface area contributed by atoms with Gasteiger partial charge in [-0.1, -0.05) is 0 Å². The normalized spacial score (nSPS) is 30.3. The van der Waals surface area contributed by atoms with Crippen molar-refractivity contribution in [2.24, 2.45) is 5.73 Å². The van der Waals surface area contributed by atoms with Crippen LogP contribution in [0, 0.1) is 0 Å². The summed E-state index contributed by atoms with van der Waals surface area (Å²) < 4.78 is 51.9. The van der Waals surface area contributed by atoms with Gasteiger partial charge < -0.3 is 40.3 Å². The highest BCUT2D eigenvalue weighted by molar-refractivity contribution is 7.66. The molecule has 22 heteroatoms. The highest BCUT2D eigenvalue weighted by atomic mass is 31.3. The lowest BCUT2D eigenvalue weighted by Crippen LogP contribution is -2.56. The van der Waals surface area contributed by atoms with E-state index in [0.717, 1.165) is 17.2 Å². The second-order valence-corrected chi connectivity index (χ2v) is 10.7. The van der Waals surface area contributed by atoms with E-state index in [1.165, 1.54) is 0 Å². The lowest BCUT2D eigenvalue weighted by Gasteiger charge is -2.26. The van der Waals surface area contributed by atoms with Crippen molar-refractivity contribution in [3.63, 3.8) is 0 Å². The van der Waals surface area contributed by atoms with Gasteiger partial charge in [-0.15, -0.1) is 0 Å². The third kappa shape index (κ3) is 5.39. The number of ether oxygens (including phenoxy) is 1. The SMILES string of the molecule is Nc1ncnc2c1ncn2[C@@H]1O[C@H](COP(=O)(O)OP(=O)(O)OP(=O)(O)O)[C@@](N)(O)[C@H]1O. The first-order valence-corrected chi connectivity index (χ1v) is 12.6. The first-order valence-electron chi connectivity index (χ1n) is 8.08. The Morgan fingerprint density at radius 1 is 1.12 bits per heavy atom. The fourth-order valence-corrected chi connectivity index (χ4v) is 5.70. The van der Waals surface area contributed by atoms with Gasteiger partial charge in [0.2, 0.25) is 0 Å². The smallest absolute Gasteiger partial charge is 0.384 e. The van der Waals surface area contributed by atoms with Crippen LogP contribution in [0.5, 0.6) is 0 Å². The maximum Gasteiger partial charge on any atom is 0.490 e. The Morgan fingerprint density at radius 3 is 2.41 bits per heavy atom. The Kier molecular flexibility index (Phi) is 6.64. The number of aromatic nitrogens is 4. The zero-order valence-electron chi connectivity index (χ0n) is 15.4. The molecule has 1 aliphatic rings. The minimum Gasteiger partial charge on any atom is -0.384 e. The average Bonchev–Trinajstić information content (AvgIpc) is 3.11. The number of nitrogens with zero attached hydrogens (tertiary/aromatic N) is 4. The number of phosphoric ester groups is 1. The maximum absolute atomic E-state index is 11.8. The Hall–Kier alpha value is -1.40. The van der Waals surface area contributed by atoms with Crippen LogP contribution >= 0.6 is 23.5 Å². The molecule has 1 fully saturated rings. The van der Waals surface area contributed by atoms with Gasteiger partial charge in [0.1, 0.15) is 24.1 Å². The molecule has 0 radical (unpaired) electrons. The van der Waals surface area contributed by atoms with E-state index >= 15 is 0 Å². The topological polar surface area (TPSA) is 305 Å². The Morgan fingerprint density at radius 2 is 1.78 bits per heavy atom. The number of hydrogen-bond donors (Lipinski definition) is 8. The van der Waals surface area contributed by atoms with Crippen molar-refractivity contribution in [1.29, 1.82) is 0 Å². The van der Waals surface area contributed by atoms with Gasteiger partial charge in [-0.2, -0.15) is 8.62 Å². The maximum atomic E-state index is 11.8. The number of aliphatic hydroxyl groups excluding tert-OH is 1. The van der Waals surface area contributed by atoms with Crippen molar-refractivity contribution in [2.45, 2.75) is 24.2 Å². The number of anilines is 1. The van der Waals surface area contributed by atoms with Gasteiger partial charge in [0.25, 0.3) is 0 Å². The number of hydrogen-bond acceptors (Lipinski definition) is 14. The van der Waals surface area contributed by atoms with Crippen LogP contribution < -0.4 is 11.5 Å². The molecule has 0 aromatic carbocycles. The fourth-order valence-electron chi connectivity index (χ4n) is 2.68. The number of phosphoric acid groups is 3. The van der Waals surface area contributed by atoms with E-state index in [1.54, 1.807) is 0 Å². The molecule has 0 aliphatic carbocycles. The molecule has 10 N–H and O–H groups in total. The summed E-state index contributed by atoms with van der Waals surface area (Å²) in [5.74, 6) is 0.00783. The quantitative estimate of drug-likeness (QED) is 0.133. The van der Waals surface area contributed by atoms with Crippen molar-refractivity contribution in [2.75, 3.05) is 12.3 Å². The van der Waals surface area contributed by atoms with Crippen molar-refractivity contribution in [3.8, 4) is 0 Å². The van der Waals surface area contributed by atoms with Crippen molar-refractivity contribution in [3.05, 3.63) is 12.7 Å². The zero-order chi connectivity index (χ0) is 24.1. The van der Waals surface area contributed by atoms with E-state index in [1.807, 2.05) is 0 Å². The van der Waals surface area contributed by atoms with E-state index in [4.69, 9.17) is 30.9 Å². The van der Waals surface area contributed by atoms with E-state index in [0.29, 0.717) is 0 Å². The third-order valence-electron chi connectivity index (χ3n) is 4.03. The third-order valence-corrected chi connectivity index (χ3v) is 7.83. The predicted octanol–water partition coefficient (Wildman–Crippen LogP) is -2.34. The Labute approximate surface area is 177 Å². The zero-order valence-corrected chi connectivity index (χ0v) is 18.1. The van der Waals surface area contributed by atoms with Crippen molar-refractivity contribution in [1.82, 2.24) is 19.5 Å². The van der Waals surface area contributed by atoms with E-state index in [-0.39, 0.29) is 17.0 Å². The number of imidazole rings is 1. The monoisotopic (exact) mass is 522 g/mol. The van der Waals surface area contributed by atoms with Gasteiger partial charge >= 0.3 is 23.5 Å². The molecule has 2 aromatic heterocycles. The number of rotatable bonds is 8. The van der Waals surface area contributed by atoms with Crippen LogP contribution in [-0.2, 0) is 31.6 Å². The molecule has 0 amide bonds. The summed E-state index contributed by atoms with van der Waals surface area (Å²) in [5.41, 5.74) is 8.95. The molecule has 2 aromatic rings. The van der Waals surface area contributed by atoms with Gasteiger partial charge in [-0.3, -0.25) is 14.8 Å². The molecule has 0 bridgehead atoms. The number of nitrogen functional groups attached to an aromatic ring is 1. The van der Waals surface area contributed by atoms with Gasteiger partial charge in [0, 0.05) is 0 Å². The van der Waals surface area contributed by atoms with Crippen LogP contribution in [0.25, 0.3) is 11.2 Å². The molecular formula is C10H17N6O13P3. The Balaban J connectivity index is 1.75. The molecule has 3 heterocycles. The van der Waals surface area contributed by atoms with Gasteiger partial charge in [0.05, 0.1) is 12.9 Å². The predicted molar refractivity (Wildman–Crippen MR) is 98.6 cm³/mol. The second kappa shape index (κ2) is 8.43. The van der Waals surface area contributed by atoms with Gasteiger partial charge in [-0.25, -0.2) is 28.6 Å². The van der Waals surface area contributed by atoms with Crippen LogP contribution in [0.4, 0.5) is 5.82 Å². The lowest BCUT2D eigenvalue weighted by atomic mass is 10.0. The summed E-state index contributed by atoms with van der Waals surface area (Å²) in [5, 5.41) is 20.8. The highest BCUT2D eigenvalue weighted by Crippen LogP contribution is 2.66. The van der Waals surface area contributed by atoms with Gasteiger partial charge in [-0.05, 0) is 0 Å². The number of aliphatic hydroxyl groups is 2. The molecule has 0 spiro atoms. The largest absolute Gasteiger partial charge is 0.490 e. The number of nitrogens with two attached hydrogens (primary N) is 2. The van der Waals surface area contributed by atoms with Crippen molar-refractivity contribution >= 4 is 40.4 Å². The first-order chi connectivity index (χ1) is 14.5. The molecule has 2 unspecified atom stereocenters. The second-order valence-electron chi connectivity index (χ2n) is 6.32. The van der Waals surface area contributed by atoms with E-state index in [2.05, 4.69) is 28.1 Å². The van der Waals surface area contributed by atoms with Crippen LogP contribution in [-0.4, -0.2) is 73.8 Å². The molecule has 180 valence electrons. The summed E-state index contributed by atoms with van der Waals surface area (Å²) in [7, 11) is -16.8. The molecule has 1 aliphatic heterocycles. The summed E-state index contributed by atoms with van der Waals surface area (Å²) in [6, 6.07) is 0. The van der Waals surface area contributed by atoms with Crippen LogP contribution in [0.3, 0.4) is 0 Å². The molecule has 1 saturated heterocycles. The standard InChI is InChI=1S/C10H17N6O13P3/c11-7-5-8(14-2-13-7)16(3-15-5)9-6(17)10(12,18)4(27-9)1-26-31(22,23)29-32(24,25)28-30(19,20)21/h2-4,6,9,17-18H,1,12H2,(H,22,23)(H,24,25)(H2,11,13,14)(H2,19,20,21)/t4-,6+,9-,10-/m1/s1. The average molecular weight is 522 g/mol. The molecule has 19 nitrogen and oxygen atoms in total. The lowest BCUT2D eigenvalue weighted by molar-refractivity contribution is -0.0872. The highest BCUT2D eigenvalue weighted by Gasteiger charge is 2.55. The van der Waals surface area contributed by atoms with Crippen LogP contribution in [0.1, 0.15) is 6.23 Å². The molecule has 0 saturated carbocycles. The summed E-state index contributed by atoms with van der Waals surface area (Å²) in [4.78, 5) is 47.3. The fraction of sp³-hybridized carbons (Fsp3) is 0.500. The molecule has 3 rings (SSSR count). The summed E-state index contributed by atoms with van der Waals surface area (Å²) >= 11 is 0. The minimum atomic E-state index is -5.75. The van der Waals surface area contributed by atoms with Crippen molar-refractivity contribution < 1.29 is 61.4 Å². The summed E-state index contributed by atoms with van der Waals surface area (Å²) in [6.45, 7) is -1.10. The van der Waals surface area contributed by atoms with E-state index < -0.39 is 54.2 Å². The Bertz CT molecular complexity index is 1150. The molecular weight excluding hydrogens is 505 g/mol. The summed E-state index contributed by atoms with van der Waals surface area (Å²) in [6.07, 6.45) is -2.81. The van der Waals surface area contributed by atoms with Crippen LogP contribution in [0.2, 0.25) is 0 Å². The number of fused-ring (bicyclic) bond motifs is 1. The molecule has 32 heavy (non-hydrogen) atoms.